The first-order chi connectivity index (χ1) is 8.34. The van der Waals surface area contributed by atoms with Gasteiger partial charge in [-0.1, -0.05) is 35.0 Å². The molecule has 2 heteroatoms. The number of rotatable bonds is 1. The Morgan fingerprint density at radius 2 is 1.82 bits per heavy atom. The molecule has 84 valence electrons. The van der Waals surface area contributed by atoms with Crippen molar-refractivity contribution in [2.45, 2.75) is 12.8 Å². The highest BCUT2D eigenvalue weighted by molar-refractivity contribution is 5.82. The summed E-state index contributed by atoms with van der Waals surface area (Å²) in [6.07, 6.45) is 6.30. The van der Waals surface area contributed by atoms with Crippen LogP contribution in [-0.2, 0) is 6.42 Å². The van der Waals surface area contributed by atoms with Crippen LogP contribution in [0, 0.1) is 0 Å². The van der Waals surface area contributed by atoms with Crippen LogP contribution in [0.5, 0.6) is 0 Å². The van der Waals surface area contributed by atoms with Crippen molar-refractivity contribution in [2.75, 3.05) is 5.84 Å². The third kappa shape index (κ3) is 1.82. The molecule has 1 aliphatic carbocycles. The molecule has 0 spiro atoms. The lowest BCUT2D eigenvalue weighted by Gasteiger charge is -1.98. The molecule has 2 nitrogen and oxygen atoms in total. The van der Waals surface area contributed by atoms with E-state index in [0.717, 1.165) is 12.8 Å². The van der Waals surface area contributed by atoms with Crippen molar-refractivity contribution in [3.05, 3.63) is 65.5 Å². The number of pyridine rings is 1. The molecule has 1 aliphatic rings. The van der Waals surface area contributed by atoms with E-state index in [2.05, 4.69) is 36.4 Å². The van der Waals surface area contributed by atoms with Gasteiger partial charge in [-0.3, -0.25) is 0 Å². The molecular weight excluding hydrogens is 208 g/mol. The van der Waals surface area contributed by atoms with Crippen molar-refractivity contribution in [3.63, 3.8) is 0 Å². The molecule has 0 aliphatic heterocycles. The lowest BCUT2D eigenvalue weighted by atomic mass is 10.1. The molecule has 0 radical (unpaired) electrons. The summed E-state index contributed by atoms with van der Waals surface area (Å²) < 4.78 is 1.73. The Morgan fingerprint density at radius 3 is 2.65 bits per heavy atom. The Hall–Kier alpha value is -2.09. The smallest absolute Gasteiger partial charge is 0.205 e. The van der Waals surface area contributed by atoms with Gasteiger partial charge in [0, 0.05) is 17.2 Å². The van der Waals surface area contributed by atoms with Crippen LogP contribution >= 0.6 is 0 Å². The third-order valence-corrected chi connectivity index (χ3v) is 3.21. The van der Waals surface area contributed by atoms with Crippen LogP contribution in [0.3, 0.4) is 0 Å². The zero-order chi connectivity index (χ0) is 11.7. The predicted octanol–water partition coefficient (Wildman–Crippen LogP) is 2.17. The van der Waals surface area contributed by atoms with E-state index in [9.17, 15) is 0 Å². The van der Waals surface area contributed by atoms with Gasteiger partial charge in [-0.05, 0) is 30.5 Å². The van der Waals surface area contributed by atoms with Crippen molar-refractivity contribution >= 4 is 11.6 Å². The number of benzene rings is 1. The standard InChI is InChI=1S/C15H15N2/c16-17-10-4-7-13-8-9-14(15(13)17)11-12-5-2-1-3-6-12/h1-7,10-11H,8-9,16H2/q+1/b14-11+. The van der Waals surface area contributed by atoms with Gasteiger partial charge in [-0.25, -0.2) is 5.84 Å². The minimum atomic E-state index is 1.07. The quantitative estimate of drug-likeness (QED) is 0.583. The molecule has 0 unspecified atom stereocenters. The Morgan fingerprint density at radius 1 is 1.00 bits per heavy atom. The first kappa shape index (κ1) is 10.1. The van der Waals surface area contributed by atoms with E-state index in [1.807, 2.05) is 18.3 Å². The Kier molecular flexibility index (Phi) is 2.41. The number of hydrogen-bond acceptors (Lipinski definition) is 1. The lowest BCUT2D eigenvalue weighted by Crippen LogP contribution is -2.47. The molecule has 0 amide bonds. The number of fused-ring (bicyclic) bond motifs is 1. The van der Waals surface area contributed by atoms with Gasteiger partial charge in [0.1, 0.15) is 0 Å². The molecule has 2 aromatic rings. The van der Waals surface area contributed by atoms with Gasteiger partial charge in [0.15, 0.2) is 6.20 Å². The zero-order valence-electron chi connectivity index (χ0n) is 9.63. The number of aromatic nitrogens is 1. The van der Waals surface area contributed by atoms with Gasteiger partial charge in [0.05, 0.1) is 0 Å². The number of aryl methyl sites for hydroxylation is 1. The molecule has 2 N–H and O–H groups in total. The van der Waals surface area contributed by atoms with E-state index in [1.54, 1.807) is 4.68 Å². The van der Waals surface area contributed by atoms with Gasteiger partial charge in [-0.15, -0.1) is 0 Å². The number of hydrogen-bond donors (Lipinski definition) is 1. The fraction of sp³-hybridized carbons (Fsp3) is 0.133. The van der Waals surface area contributed by atoms with Crippen LogP contribution in [0.15, 0.2) is 48.7 Å². The Bertz CT molecular complexity index is 571. The van der Waals surface area contributed by atoms with Crippen LogP contribution in [0.2, 0.25) is 0 Å². The summed E-state index contributed by atoms with van der Waals surface area (Å²) in [7, 11) is 0. The fourth-order valence-electron chi connectivity index (χ4n) is 2.42. The van der Waals surface area contributed by atoms with Crippen molar-refractivity contribution in [1.29, 1.82) is 0 Å². The average Bonchev–Trinajstić information content (AvgIpc) is 2.75. The normalized spacial score (nSPS) is 16.1. The number of nitrogens with zero attached hydrogens (tertiary/aromatic N) is 1. The molecule has 0 saturated carbocycles. The fourth-order valence-corrected chi connectivity index (χ4v) is 2.42. The minimum absolute atomic E-state index is 1.07. The average molecular weight is 223 g/mol. The maximum Gasteiger partial charge on any atom is 0.241 e. The first-order valence-electron chi connectivity index (χ1n) is 5.89. The van der Waals surface area contributed by atoms with E-state index >= 15 is 0 Å². The molecule has 1 aromatic carbocycles. The van der Waals surface area contributed by atoms with Crippen molar-refractivity contribution < 1.29 is 4.68 Å². The zero-order valence-corrected chi connectivity index (χ0v) is 9.63. The second kappa shape index (κ2) is 4.06. The lowest BCUT2D eigenvalue weighted by molar-refractivity contribution is -0.641. The van der Waals surface area contributed by atoms with E-state index < -0.39 is 0 Å². The maximum atomic E-state index is 5.99. The van der Waals surface area contributed by atoms with Crippen LogP contribution in [-0.4, -0.2) is 0 Å². The van der Waals surface area contributed by atoms with Crippen LogP contribution in [0.25, 0.3) is 11.6 Å². The van der Waals surface area contributed by atoms with Crippen molar-refractivity contribution in [3.8, 4) is 0 Å². The molecule has 1 aromatic heterocycles. The Labute approximate surface area is 101 Å². The highest BCUT2D eigenvalue weighted by Crippen LogP contribution is 2.30. The summed E-state index contributed by atoms with van der Waals surface area (Å²) in [6, 6.07) is 14.6. The third-order valence-electron chi connectivity index (χ3n) is 3.21. The molecule has 17 heavy (non-hydrogen) atoms. The van der Waals surface area contributed by atoms with Gasteiger partial charge < -0.3 is 0 Å². The topological polar surface area (TPSA) is 29.9 Å². The number of allylic oxidation sites excluding steroid dienone is 1. The number of nitrogens with two attached hydrogens (primary N) is 1. The van der Waals surface area contributed by atoms with Crippen LogP contribution in [0.4, 0.5) is 0 Å². The molecule has 3 rings (SSSR count). The van der Waals surface area contributed by atoms with Gasteiger partial charge in [0.25, 0.3) is 0 Å². The van der Waals surface area contributed by atoms with Gasteiger partial charge in [-0.2, -0.15) is 0 Å². The van der Waals surface area contributed by atoms with Gasteiger partial charge >= 0.3 is 0 Å². The monoisotopic (exact) mass is 223 g/mol. The van der Waals surface area contributed by atoms with Crippen molar-refractivity contribution in [1.82, 2.24) is 0 Å². The molecule has 0 fully saturated rings. The van der Waals surface area contributed by atoms with Crippen LogP contribution in [0.1, 0.15) is 23.2 Å². The molecule has 0 saturated heterocycles. The first-order valence-corrected chi connectivity index (χ1v) is 5.89. The van der Waals surface area contributed by atoms with E-state index in [1.165, 1.54) is 22.4 Å². The highest BCUT2D eigenvalue weighted by atomic mass is 15.3. The highest BCUT2D eigenvalue weighted by Gasteiger charge is 2.25. The molecule has 0 atom stereocenters. The molecule has 1 heterocycles. The predicted molar refractivity (Wildman–Crippen MR) is 69.4 cm³/mol. The summed E-state index contributed by atoms with van der Waals surface area (Å²) in [5.41, 5.74) is 5.09. The summed E-state index contributed by atoms with van der Waals surface area (Å²) >= 11 is 0. The summed E-state index contributed by atoms with van der Waals surface area (Å²) in [5.74, 6) is 5.99. The van der Waals surface area contributed by atoms with Crippen molar-refractivity contribution in [2.24, 2.45) is 0 Å². The van der Waals surface area contributed by atoms with E-state index in [4.69, 9.17) is 5.84 Å². The Balaban J connectivity index is 2.07. The van der Waals surface area contributed by atoms with E-state index in [0.29, 0.717) is 0 Å². The molecular formula is C15H15N2+. The SMILES string of the molecule is N[n+]1cccc2c1/C(=C/c1ccccc1)CC2. The van der Waals surface area contributed by atoms with Gasteiger partial charge in [0.2, 0.25) is 5.69 Å². The molecule has 0 bridgehead atoms. The largest absolute Gasteiger partial charge is 0.241 e. The van der Waals surface area contributed by atoms with E-state index in [-0.39, 0.29) is 0 Å². The summed E-state index contributed by atoms with van der Waals surface area (Å²) in [6.45, 7) is 0. The summed E-state index contributed by atoms with van der Waals surface area (Å²) in [5, 5.41) is 0. The maximum absolute atomic E-state index is 5.99. The second-order valence-corrected chi connectivity index (χ2v) is 4.37. The van der Waals surface area contributed by atoms with Crippen LogP contribution < -0.4 is 10.5 Å². The second-order valence-electron chi connectivity index (χ2n) is 4.37. The number of nitrogen functional groups attached to an aromatic ring is 1. The summed E-state index contributed by atoms with van der Waals surface area (Å²) in [4.78, 5) is 0. The minimum Gasteiger partial charge on any atom is -0.205 e.